The van der Waals surface area contributed by atoms with Crippen LogP contribution in [0, 0.1) is 11.3 Å². The first-order valence-corrected chi connectivity index (χ1v) is 8.21. The highest BCUT2D eigenvalue weighted by molar-refractivity contribution is 5.03. The van der Waals surface area contributed by atoms with Gasteiger partial charge in [-0.1, -0.05) is 20.8 Å². The predicted molar refractivity (Wildman–Crippen MR) is 84.6 cm³/mol. The van der Waals surface area contributed by atoms with E-state index in [0.29, 0.717) is 17.4 Å². The van der Waals surface area contributed by atoms with E-state index in [1.54, 1.807) is 0 Å². The van der Waals surface area contributed by atoms with Gasteiger partial charge in [-0.2, -0.15) is 5.10 Å². The van der Waals surface area contributed by atoms with Gasteiger partial charge in [0.05, 0.1) is 5.69 Å². The van der Waals surface area contributed by atoms with Crippen LogP contribution in [-0.4, -0.2) is 15.8 Å². The summed E-state index contributed by atoms with van der Waals surface area (Å²) in [7, 11) is 0. The fourth-order valence-electron chi connectivity index (χ4n) is 3.18. The van der Waals surface area contributed by atoms with E-state index in [1.165, 1.54) is 25.7 Å². The van der Waals surface area contributed by atoms with Crippen molar-refractivity contribution in [1.29, 1.82) is 0 Å². The molecular formula is C17H31N3. The molecule has 1 aliphatic carbocycles. The summed E-state index contributed by atoms with van der Waals surface area (Å²) in [6.07, 6.45) is 9.32. The molecule has 2 atom stereocenters. The second kappa shape index (κ2) is 6.30. The van der Waals surface area contributed by atoms with Crippen molar-refractivity contribution < 1.29 is 0 Å². The Hall–Kier alpha value is -0.830. The van der Waals surface area contributed by atoms with Gasteiger partial charge in [0, 0.05) is 24.7 Å². The van der Waals surface area contributed by atoms with Crippen molar-refractivity contribution in [2.75, 3.05) is 0 Å². The number of nitrogens with zero attached hydrogens (tertiary/aromatic N) is 2. The van der Waals surface area contributed by atoms with Crippen molar-refractivity contribution in [3.05, 3.63) is 18.0 Å². The maximum absolute atomic E-state index is 6.44. The fraction of sp³-hybridized carbons (Fsp3) is 0.824. The standard InChI is InChI=1S/C17H31N3/c1-5-13(2)20-11-8-15(19-20)12-16(18)14-6-9-17(3,4)10-7-14/h8,11,13-14,16H,5-7,9-10,12,18H2,1-4H3. The molecule has 1 saturated carbocycles. The van der Waals surface area contributed by atoms with Crippen LogP contribution in [-0.2, 0) is 6.42 Å². The van der Waals surface area contributed by atoms with Crippen LogP contribution < -0.4 is 5.73 Å². The fourth-order valence-corrected chi connectivity index (χ4v) is 3.18. The first-order valence-electron chi connectivity index (χ1n) is 8.21. The minimum Gasteiger partial charge on any atom is -0.327 e. The molecule has 0 amide bonds. The van der Waals surface area contributed by atoms with Crippen LogP contribution in [0.25, 0.3) is 0 Å². The van der Waals surface area contributed by atoms with Gasteiger partial charge in [-0.25, -0.2) is 0 Å². The zero-order chi connectivity index (χ0) is 14.8. The molecule has 1 fully saturated rings. The molecule has 0 aromatic carbocycles. The van der Waals surface area contributed by atoms with E-state index in [4.69, 9.17) is 5.73 Å². The molecule has 0 bridgehead atoms. The largest absolute Gasteiger partial charge is 0.327 e. The Bertz CT molecular complexity index is 412. The molecule has 2 N–H and O–H groups in total. The molecule has 2 unspecified atom stereocenters. The van der Waals surface area contributed by atoms with E-state index in [9.17, 15) is 0 Å². The Morgan fingerprint density at radius 1 is 1.40 bits per heavy atom. The van der Waals surface area contributed by atoms with Crippen LogP contribution in [0.5, 0.6) is 0 Å². The van der Waals surface area contributed by atoms with Crippen LogP contribution in [0.4, 0.5) is 0 Å². The van der Waals surface area contributed by atoms with Crippen molar-refractivity contribution in [3.8, 4) is 0 Å². The quantitative estimate of drug-likeness (QED) is 0.886. The van der Waals surface area contributed by atoms with E-state index in [0.717, 1.165) is 18.5 Å². The van der Waals surface area contributed by atoms with Gasteiger partial charge in [0.1, 0.15) is 0 Å². The Labute approximate surface area is 123 Å². The van der Waals surface area contributed by atoms with E-state index in [1.807, 2.05) is 0 Å². The van der Waals surface area contributed by atoms with E-state index >= 15 is 0 Å². The van der Waals surface area contributed by atoms with Crippen molar-refractivity contribution in [1.82, 2.24) is 9.78 Å². The summed E-state index contributed by atoms with van der Waals surface area (Å²) in [5, 5.41) is 4.68. The third kappa shape index (κ3) is 3.85. The highest BCUT2D eigenvalue weighted by Gasteiger charge is 2.30. The summed E-state index contributed by atoms with van der Waals surface area (Å²) in [5.74, 6) is 0.678. The first kappa shape index (κ1) is 15.6. The molecule has 20 heavy (non-hydrogen) atoms. The van der Waals surface area contributed by atoms with Crippen molar-refractivity contribution >= 4 is 0 Å². The number of hydrogen-bond acceptors (Lipinski definition) is 2. The summed E-state index contributed by atoms with van der Waals surface area (Å²) in [6.45, 7) is 9.16. The average Bonchev–Trinajstić information content (AvgIpc) is 2.86. The number of aromatic nitrogens is 2. The van der Waals surface area contributed by atoms with Crippen LogP contribution in [0.2, 0.25) is 0 Å². The van der Waals surface area contributed by atoms with Gasteiger partial charge in [-0.05, 0) is 56.4 Å². The van der Waals surface area contributed by atoms with Crippen molar-refractivity contribution in [2.45, 2.75) is 78.3 Å². The number of hydrogen-bond donors (Lipinski definition) is 1. The van der Waals surface area contributed by atoms with Gasteiger partial charge in [0.15, 0.2) is 0 Å². The van der Waals surface area contributed by atoms with Crippen LogP contribution >= 0.6 is 0 Å². The molecular weight excluding hydrogens is 246 g/mol. The first-order chi connectivity index (χ1) is 9.41. The molecule has 0 saturated heterocycles. The number of rotatable bonds is 5. The van der Waals surface area contributed by atoms with E-state index < -0.39 is 0 Å². The lowest BCUT2D eigenvalue weighted by atomic mass is 9.71. The topological polar surface area (TPSA) is 43.8 Å². The Morgan fingerprint density at radius 2 is 2.05 bits per heavy atom. The predicted octanol–water partition coefficient (Wildman–Crippen LogP) is 3.94. The van der Waals surface area contributed by atoms with Gasteiger partial charge < -0.3 is 5.73 Å². The van der Waals surface area contributed by atoms with Gasteiger partial charge in [-0.15, -0.1) is 0 Å². The minimum atomic E-state index is 0.270. The monoisotopic (exact) mass is 277 g/mol. The maximum atomic E-state index is 6.44. The van der Waals surface area contributed by atoms with Crippen LogP contribution in [0.15, 0.2) is 12.3 Å². The zero-order valence-electron chi connectivity index (χ0n) is 13.6. The molecule has 3 heteroatoms. The third-order valence-corrected chi connectivity index (χ3v) is 5.14. The molecule has 2 rings (SSSR count). The lowest BCUT2D eigenvalue weighted by Gasteiger charge is -2.36. The lowest BCUT2D eigenvalue weighted by molar-refractivity contribution is 0.172. The average molecular weight is 277 g/mol. The van der Waals surface area contributed by atoms with Crippen molar-refractivity contribution in [3.63, 3.8) is 0 Å². The van der Waals surface area contributed by atoms with Gasteiger partial charge >= 0.3 is 0 Å². The molecule has 1 aromatic rings. The van der Waals surface area contributed by atoms with Gasteiger partial charge in [0.25, 0.3) is 0 Å². The van der Waals surface area contributed by atoms with Crippen LogP contribution in [0.3, 0.4) is 0 Å². The second-order valence-electron chi connectivity index (χ2n) is 7.41. The Morgan fingerprint density at radius 3 is 2.65 bits per heavy atom. The smallest absolute Gasteiger partial charge is 0.0640 e. The van der Waals surface area contributed by atoms with Gasteiger partial charge in [0.2, 0.25) is 0 Å². The summed E-state index contributed by atoms with van der Waals surface area (Å²) in [6, 6.07) is 2.89. The third-order valence-electron chi connectivity index (χ3n) is 5.14. The van der Waals surface area contributed by atoms with Gasteiger partial charge in [-0.3, -0.25) is 4.68 Å². The molecule has 3 nitrogen and oxygen atoms in total. The number of nitrogens with two attached hydrogens (primary N) is 1. The van der Waals surface area contributed by atoms with E-state index in [-0.39, 0.29) is 6.04 Å². The lowest BCUT2D eigenvalue weighted by Crippen LogP contribution is -2.36. The molecule has 0 spiro atoms. The summed E-state index contributed by atoms with van der Waals surface area (Å²) >= 11 is 0. The summed E-state index contributed by atoms with van der Waals surface area (Å²) in [4.78, 5) is 0. The Balaban J connectivity index is 1.88. The molecule has 1 aliphatic rings. The van der Waals surface area contributed by atoms with Crippen molar-refractivity contribution in [2.24, 2.45) is 17.1 Å². The minimum absolute atomic E-state index is 0.270. The van der Waals surface area contributed by atoms with E-state index in [2.05, 4.69) is 49.7 Å². The highest BCUT2D eigenvalue weighted by Crippen LogP contribution is 2.39. The highest BCUT2D eigenvalue weighted by atomic mass is 15.3. The molecule has 1 aromatic heterocycles. The van der Waals surface area contributed by atoms with Crippen LogP contribution in [0.1, 0.15) is 71.5 Å². The summed E-state index contributed by atoms with van der Waals surface area (Å²) < 4.78 is 2.08. The zero-order valence-corrected chi connectivity index (χ0v) is 13.6. The molecule has 114 valence electrons. The maximum Gasteiger partial charge on any atom is 0.0640 e. The second-order valence-corrected chi connectivity index (χ2v) is 7.41. The molecule has 1 heterocycles. The SMILES string of the molecule is CCC(C)n1ccc(CC(N)C2CCC(C)(C)CC2)n1. The summed E-state index contributed by atoms with van der Waals surface area (Å²) in [5.41, 5.74) is 8.12. The molecule has 0 aliphatic heterocycles. The Kier molecular flexibility index (Phi) is 4.90. The normalized spacial score (nSPS) is 22.6. The molecule has 0 radical (unpaired) electrons.